The van der Waals surface area contributed by atoms with Crippen LogP contribution in [0, 0.1) is 0 Å². The number of nitrogens with two attached hydrogens (primary N) is 1. The van der Waals surface area contributed by atoms with Gasteiger partial charge in [0, 0.05) is 12.8 Å². The van der Waals surface area contributed by atoms with E-state index < -0.39 is 17.7 Å². The van der Waals surface area contributed by atoms with Crippen LogP contribution >= 0.6 is 15.9 Å². The topological polar surface area (TPSA) is 83.0 Å². The summed E-state index contributed by atoms with van der Waals surface area (Å²) in [4.78, 5) is 16.8. The Labute approximate surface area is 135 Å². The normalized spacial score (nSPS) is 24.5. The van der Waals surface area contributed by atoms with Crippen LogP contribution in [0.1, 0.15) is 26.7 Å². The Balaban J connectivity index is 2.14. The fourth-order valence-corrected chi connectivity index (χ4v) is 3.02. The van der Waals surface area contributed by atoms with Crippen molar-refractivity contribution in [1.82, 2.24) is 14.8 Å². The molecule has 0 bridgehead atoms. The van der Waals surface area contributed by atoms with Gasteiger partial charge in [-0.1, -0.05) is 0 Å². The lowest BCUT2D eigenvalue weighted by Crippen LogP contribution is -2.55. The molecule has 118 valence electrons. The van der Waals surface area contributed by atoms with Crippen molar-refractivity contribution in [3.05, 3.63) is 16.7 Å². The van der Waals surface area contributed by atoms with Crippen molar-refractivity contribution >= 4 is 38.8 Å². The molecular formula is C14H16BrFN4O2. The van der Waals surface area contributed by atoms with Crippen molar-refractivity contribution in [3.63, 3.8) is 0 Å². The van der Waals surface area contributed by atoms with Crippen LogP contribution in [0.5, 0.6) is 0 Å². The third kappa shape index (κ3) is 2.25. The summed E-state index contributed by atoms with van der Waals surface area (Å²) in [7, 11) is 0. The first-order chi connectivity index (χ1) is 10.3. The smallest absolute Gasteiger partial charge is 0.334 e. The number of carbonyl (C=O) groups is 1. The van der Waals surface area contributed by atoms with Crippen molar-refractivity contribution in [2.45, 2.75) is 44.5 Å². The van der Waals surface area contributed by atoms with E-state index in [4.69, 9.17) is 10.5 Å². The highest BCUT2D eigenvalue weighted by atomic mass is 79.9. The zero-order chi connectivity index (χ0) is 16.1. The number of ether oxygens (including phenoxy) is 1. The summed E-state index contributed by atoms with van der Waals surface area (Å²) in [5, 5.41) is 4.86. The maximum Gasteiger partial charge on any atom is 0.334 e. The first kappa shape index (κ1) is 15.2. The van der Waals surface area contributed by atoms with Crippen LogP contribution in [0.4, 0.5) is 10.2 Å². The predicted molar refractivity (Wildman–Crippen MR) is 83.0 cm³/mol. The number of aromatic nitrogens is 3. The number of pyridine rings is 1. The predicted octanol–water partition coefficient (Wildman–Crippen LogP) is 2.55. The molecule has 0 radical (unpaired) electrons. The fourth-order valence-electron chi connectivity index (χ4n) is 2.72. The van der Waals surface area contributed by atoms with Gasteiger partial charge in [0.15, 0.2) is 17.0 Å². The fraction of sp³-hybridized carbons (Fsp3) is 0.500. The molecule has 8 heteroatoms. The molecule has 0 amide bonds. The number of hydrogen-bond donors (Lipinski definition) is 1. The second-order valence-corrected chi connectivity index (χ2v) is 6.61. The standard InChI is InChI=1S/C14H16BrFN4O2/c1-7(2)22-13(21)14(5-8(16)6-14)20-12-9(11(17)19-20)3-4-10(15)18-12/h3-4,7-8H,5-6H2,1-2H3,(H2,17,19). The number of hydrogen-bond acceptors (Lipinski definition) is 5. The van der Waals surface area contributed by atoms with Gasteiger partial charge < -0.3 is 10.5 Å². The van der Waals surface area contributed by atoms with Crippen molar-refractivity contribution < 1.29 is 13.9 Å². The highest BCUT2D eigenvalue weighted by Crippen LogP contribution is 2.44. The van der Waals surface area contributed by atoms with Crippen molar-refractivity contribution in [2.75, 3.05) is 5.73 Å². The summed E-state index contributed by atoms with van der Waals surface area (Å²) in [6.45, 7) is 3.50. The van der Waals surface area contributed by atoms with Gasteiger partial charge in [0.1, 0.15) is 10.8 Å². The number of carbonyl (C=O) groups excluding carboxylic acids is 1. The third-order valence-electron chi connectivity index (χ3n) is 3.77. The van der Waals surface area contributed by atoms with Gasteiger partial charge in [-0.15, -0.1) is 0 Å². The number of halogens is 2. The van der Waals surface area contributed by atoms with Crippen molar-refractivity contribution in [3.8, 4) is 0 Å². The Morgan fingerprint density at radius 3 is 2.82 bits per heavy atom. The molecule has 0 aliphatic heterocycles. The van der Waals surface area contributed by atoms with E-state index in [1.165, 1.54) is 4.68 Å². The number of fused-ring (bicyclic) bond motifs is 1. The lowest BCUT2D eigenvalue weighted by atomic mass is 9.75. The summed E-state index contributed by atoms with van der Waals surface area (Å²) in [6.07, 6.45) is -1.32. The van der Waals surface area contributed by atoms with E-state index in [0.717, 1.165) is 0 Å². The van der Waals surface area contributed by atoms with Gasteiger partial charge in [0.05, 0.1) is 11.5 Å². The molecule has 2 aromatic rings. The van der Waals surface area contributed by atoms with E-state index >= 15 is 0 Å². The number of rotatable bonds is 3. The molecule has 1 aliphatic rings. The second kappa shape index (κ2) is 5.19. The molecule has 1 aliphatic carbocycles. The van der Waals surface area contributed by atoms with E-state index in [9.17, 15) is 9.18 Å². The highest BCUT2D eigenvalue weighted by molar-refractivity contribution is 9.10. The summed E-state index contributed by atoms with van der Waals surface area (Å²) in [6, 6.07) is 3.50. The van der Waals surface area contributed by atoms with Gasteiger partial charge in [0.25, 0.3) is 0 Å². The molecule has 1 saturated carbocycles. The molecule has 0 spiro atoms. The van der Waals surface area contributed by atoms with Gasteiger partial charge in [0.2, 0.25) is 0 Å². The van der Waals surface area contributed by atoms with Crippen LogP contribution in [0.2, 0.25) is 0 Å². The molecule has 2 aromatic heterocycles. The van der Waals surface area contributed by atoms with E-state index in [0.29, 0.717) is 15.6 Å². The van der Waals surface area contributed by atoms with Crippen LogP contribution < -0.4 is 5.73 Å². The molecule has 2 heterocycles. The summed E-state index contributed by atoms with van der Waals surface area (Å²) < 4.78 is 20.9. The summed E-state index contributed by atoms with van der Waals surface area (Å²) in [5.41, 5.74) is 5.18. The van der Waals surface area contributed by atoms with E-state index in [1.54, 1.807) is 26.0 Å². The van der Waals surface area contributed by atoms with E-state index in [-0.39, 0.29) is 24.8 Å². The molecule has 0 atom stereocenters. The molecule has 0 unspecified atom stereocenters. The minimum atomic E-state index is -1.17. The SMILES string of the molecule is CC(C)OC(=O)C1(n2nc(N)c3ccc(Br)nc32)CC(F)C1. The van der Waals surface area contributed by atoms with Gasteiger partial charge in [-0.05, 0) is 41.9 Å². The Morgan fingerprint density at radius 1 is 1.55 bits per heavy atom. The molecule has 0 saturated heterocycles. The zero-order valence-corrected chi connectivity index (χ0v) is 13.8. The molecular weight excluding hydrogens is 355 g/mol. The molecule has 0 aromatic carbocycles. The molecule has 22 heavy (non-hydrogen) atoms. The first-order valence-corrected chi connectivity index (χ1v) is 7.79. The molecule has 6 nitrogen and oxygen atoms in total. The Morgan fingerprint density at radius 2 is 2.23 bits per heavy atom. The van der Waals surface area contributed by atoms with Crippen LogP contribution in [0.3, 0.4) is 0 Å². The van der Waals surface area contributed by atoms with Gasteiger partial charge in [-0.3, -0.25) is 0 Å². The van der Waals surface area contributed by atoms with Crippen LogP contribution in [0.25, 0.3) is 11.0 Å². The number of anilines is 1. The van der Waals surface area contributed by atoms with Crippen LogP contribution in [0.15, 0.2) is 16.7 Å². The van der Waals surface area contributed by atoms with Crippen LogP contribution in [-0.2, 0) is 15.1 Å². The van der Waals surface area contributed by atoms with Crippen LogP contribution in [-0.4, -0.2) is 33.0 Å². The highest BCUT2D eigenvalue weighted by Gasteiger charge is 2.55. The number of alkyl halides is 1. The van der Waals surface area contributed by atoms with E-state index in [1.807, 2.05) is 0 Å². The zero-order valence-electron chi connectivity index (χ0n) is 12.2. The van der Waals surface area contributed by atoms with Gasteiger partial charge >= 0.3 is 5.97 Å². The van der Waals surface area contributed by atoms with Crippen molar-refractivity contribution in [2.24, 2.45) is 0 Å². The van der Waals surface area contributed by atoms with E-state index in [2.05, 4.69) is 26.0 Å². The average Bonchev–Trinajstić information content (AvgIpc) is 2.71. The number of nitrogen functional groups attached to an aromatic ring is 1. The Bertz CT molecular complexity index is 740. The minimum absolute atomic E-state index is 0.0168. The average molecular weight is 371 g/mol. The lowest BCUT2D eigenvalue weighted by molar-refractivity contribution is -0.168. The maximum atomic E-state index is 13.6. The third-order valence-corrected chi connectivity index (χ3v) is 4.21. The number of nitrogens with zero attached hydrogens (tertiary/aromatic N) is 3. The quantitative estimate of drug-likeness (QED) is 0.662. The summed E-state index contributed by atoms with van der Waals surface area (Å²) in [5.74, 6) is -0.239. The maximum absolute atomic E-state index is 13.6. The number of esters is 1. The molecule has 3 rings (SSSR count). The Hall–Kier alpha value is -1.70. The van der Waals surface area contributed by atoms with Gasteiger partial charge in [-0.25, -0.2) is 18.9 Å². The van der Waals surface area contributed by atoms with Crippen molar-refractivity contribution in [1.29, 1.82) is 0 Å². The summed E-state index contributed by atoms with van der Waals surface area (Å²) >= 11 is 3.29. The minimum Gasteiger partial charge on any atom is -0.461 e. The monoisotopic (exact) mass is 370 g/mol. The molecule has 2 N–H and O–H groups in total. The molecule has 1 fully saturated rings. The second-order valence-electron chi connectivity index (χ2n) is 5.79. The Kier molecular flexibility index (Phi) is 3.58. The lowest BCUT2D eigenvalue weighted by Gasteiger charge is -2.42. The first-order valence-electron chi connectivity index (χ1n) is 7.00. The largest absolute Gasteiger partial charge is 0.461 e. The van der Waals surface area contributed by atoms with Gasteiger partial charge in [-0.2, -0.15) is 5.10 Å².